The zero-order chi connectivity index (χ0) is 11.5. The van der Waals surface area contributed by atoms with Gasteiger partial charge < -0.3 is 10.0 Å². The third-order valence-electron chi connectivity index (χ3n) is 4.40. The standard InChI is InChI=1S/C13H23NO2/c1-14-9-5-4-8-11(13(15)16)12(14)10-6-2-3-7-10/h10-12H,2-9H2,1H3,(H,15,16)/t11-,12+/m0/s1. The summed E-state index contributed by atoms with van der Waals surface area (Å²) in [6.07, 6.45) is 8.16. The van der Waals surface area contributed by atoms with Gasteiger partial charge in [-0.1, -0.05) is 19.3 Å². The van der Waals surface area contributed by atoms with E-state index in [1.807, 2.05) is 0 Å². The highest BCUT2D eigenvalue weighted by molar-refractivity contribution is 5.71. The topological polar surface area (TPSA) is 40.5 Å². The van der Waals surface area contributed by atoms with Crippen LogP contribution in [0, 0.1) is 11.8 Å². The number of aliphatic carboxylic acids is 1. The van der Waals surface area contributed by atoms with E-state index < -0.39 is 5.97 Å². The molecule has 2 atom stereocenters. The monoisotopic (exact) mass is 225 g/mol. The van der Waals surface area contributed by atoms with Crippen LogP contribution < -0.4 is 0 Å². The fraction of sp³-hybridized carbons (Fsp3) is 0.923. The SMILES string of the molecule is CN1CCCC[C@H](C(=O)O)[C@H]1C1CCCC1. The summed E-state index contributed by atoms with van der Waals surface area (Å²) < 4.78 is 0. The summed E-state index contributed by atoms with van der Waals surface area (Å²) in [6, 6.07) is 0.294. The normalized spacial score (nSPS) is 33.8. The lowest BCUT2D eigenvalue weighted by Crippen LogP contribution is -2.44. The number of nitrogens with zero attached hydrogens (tertiary/aromatic N) is 1. The molecule has 0 unspecified atom stereocenters. The smallest absolute Gasteiger partial charge is 0.308 e. The zero-order valence-electron chi connectivity index (χ0n) is 10.2. The fourth-order valence-corrected chi connectivity index (χ4v) is 3.61. The van der Waals surface area contributed by atoms with E-state index in [4.69, 9.17) is 0 Å². The van der Waals surface area contributed by atoms with E-state index in [2.05, 4.69) is 11.9 Å². The Morgan fingerprint density at radius 3 is 2.38 bits per heavy atom. The summed E-state index contributed by atoms with van der Waals surface area (Å²) in [4.78, 5) is 13.7. The average Bonchev–Trinajstić information content (AvgIpc) is 2.68. The zero-order valence-corrected chi connectivity index (χ0v) is 10.2. The first kappa shape index (κ1) is 11.9. The quantitative estimate of drug-likeness (QED) is 0.784. The Kier molecular flexibility index (Phi) is 3.85. The van der Waals surface area contributed by atoms with Crippen molar-refractivity contribution >= 4 is 5.97 Å². The van der Waals surface area contributed by atoms with Gasteiger partial charge in [0.15, 0.2) is 0 Å². The third-order valence-corrected chi connectivity index (χ3v) is 4.40. The molecule has 3 nitrogen and oxygen atoms in total. The van der Waals surface area contributed by atoms with Crippen LogP contribution in [-0.4, -0.2) is 35.6 Å². The van der Waals surface area contributed by atoms with Crippen molar-refractivity contribution in [1.82, 2.24) is 4.90 Å². The molecule has 0 bridgehead atoms. The molecule has 1 heterocycles. The Hall–Kier alpha value is -0.570. The predicted molar refractivity (Wildman–Crippen MR) is 63.4 cm³/mol. The molecule has 2 aliphatic rings. The number of hydrogen-bond donors (Lipinski definition) is 1. The molecule has 16 heavy (non-hydrogen) atoms. The van der Waals surface area contributed by atoms with Crippen LogP contribution in [0.15, 0.2) is 0 Å². The maximum Gasteiger partial charge on any atom is 0.308 e. The highest BCUT2D eigenvalue weighted by Gasteiger charge is 2.38. The summed E-state index contributed by atoms with van der Waals surface area (Å²) in [5.74, 6) is -0.0783. The fourth-order valence-electron chi connectivity index (χ4n) is 3.61. The van der Waals surface area contributed by atoms with Crippen LogP contribution in [-0.2, 0) is 4.79 Å². The average molecular weight is 225 g/mol. The van der Waals surface area contributed by atoms with Gasteiger partial charge in [0.25, 0.3) is 0 Å². The first-order valence-electron chi connectivity index (χ1n) is 6.63. The van der Waals surface area contributed by atoms with Crippen LogP contribution in [0.2, 0.25) is 0 Å². The van der Waals surface area contributed by atoms with Crippen LogP contribution in [0.3, 0.4) is 0 Å². The van der Waals surface area contributed by atoms with Crippen molar-refractivity contribution in [2.45, 2.75) is 51.0 Å². The van der Waals surface area contributed by atoms with Gasteiger partial charge >= 0.3 is 5.97 Å². The van der Waals surface area contributed by atoms with E-state index in [0.29, 0.717) is 12.0 Å². The molecule has 1 saturated carbocycles. The number of rotatable bonds is 2. The van der Waals surface area contributed by atoms with Crippen molar-refractivity contribution in [3.05, 3.63) is 0 Å². The van der Waals surface area contributed by atoms with E-state index in [0.717, 1.165) is 25.8 Å². The first-order valence-corrected chi connectivity index (χ1v) is 6.63. The van der Waals surface area contributed by atoms with Crippen LogP contribution in [0.25, 0.3) is 0 Å². The van der Waals surface area contributed by atoms with E-state index in [1.54, 1.807) is 0 Å². The van der Waals surface area contributed by atoms with Crippen molar-refractivity contribution in [2.75, 3.05) is 13.6 Å². The second-order valence-corrected chi connectivity index (χ2v) is 5.46. The summed E-state index contributed by atoms with van der Waals surface area (Å²) >= 11 is 0. The van der Waals surface area contributed by atoms with Crippen molar-refractivity contribution < 1.29 is 9.90 Å². The lowest BCUT2D eigenvalue weighted by molar-refractivity contribution is -0.145. The summed E-state index contributed by atoms with van der Waals surface area (Å²) in [5, 5.41) is 9.39. The molecule has 1 N–H and O–H groups in total. The van der Waals surface area contributed by atoms with E-state index in [9.17, 15) is 9.90 Å². The maximum absolute atomic E-state index is 11.4. The predicted octanol–water partition coefficient (Wildman–Crippen LogP) is 2.36. The molecule has 0 radical (unpaired) electrons. The molecule has 2 rings (SSSR count). The summed E-state index contributed by atoms with van der Waals surface area (Å²) in [6.45, 7) is 1.07. The van der Waals surface area contributed by atoms with Gasteiger partial charge in [0.05, 0.1) is 5.92 Å². The van der Waals surface area contributed by atoms with Crippen LogP contribution in [0.4, 0.5) is 0 Å². The van der Waals surface area contributed by atoms with Gasteiger partial charge in [-0.2, -0.15) is 0 Å². The Bertz CT molecular complexity index is 248. The third kappa shape index (κ3) is 2.40. The van der Waals surface area contributed by atoms with Gasteiger partial charge in [-0.05, 0) is 45.2 Å². The van der Waals surface area contributed by atoms with Gasteiger partial charge in [0, 0.05) is 6.04 Å². The van der Waals surface area contributed by atoms with Gasteiger partial charge in [-0.15, -0.1) is 0 Å². The van der Waals surface area contributed by atoms with E-state index in [1.165, 1.54) is 25.7 Å². The minimum atomic E-state index is -0.578. The van der Waals surface area contributed by atoms with Crippen molar-refractivity contribution in [3.63, 3.8) is 0 Å². The van der Waals surface area contributed by atoms with Gasteiger partial charge in [0.1, 0.15) is 0 Å². The maximum atomic E-state index is 11.4. The largest absolute Gasteiger partial charge is 0.481 e. The second kappa shape index (κ2) is 5.17. The molecule has 0 aromatic carbocycles. The molecule has 0 aromatic heterocycles. The molecular weight excluding hydrogens is 202 g/mol. The summed E-state index contributed by atoms with van der Waals surface area (Å²) in [5.41, 5.74) is 0. The Labute approximate surface area is 97.8 Å². The highest BCUT2D eigenvalue weighted by Crippen LogP contribution is 2.36. The van der Waals surface area contributed by atoms with Gasteiger partial charge in [-0.25, -0.2) is 0 Å². The molecule has 3 heteroatoms. The molecular formula is C13H23NO2. The molecule has 92 valence electrons. The molecule has 2 fully saturated rings. The lowest BCUT2D eigenvalue weighted by atomic mass is 9.84. The van der Waals surface area contributed by atoms with Crippen LogP contribution >= 0.6 is 0 Å². The van der Waals surface area contributed by atoms with E-state index in [-0.39, 0.29) is 5.92 Å². The molecule has 1 aliphatic heterocycles. The minimum absolute atomic E-state index is 0.129. The summed E-state index contributed by atoms with van der Waals surface area (Å²) in [7, 11) is 2.12. The number of likely N-dealkylation sites (tertiary alicyclic amines) is 1. The molecule has 0 spiro atoms. The number of carbonyl (C=O) groups is 1. The van der Waals surface area contributed by atoms with Crippen molar-refractivity contribution in [1.29, 1.82) is 0 Å². The Balaban J connectivity index is 2.14. The first-order chi connectivity index (χ1) is 7.70. The molecule has 0 amide bonds. The number of carboxylic acids is 1. The van der Waals surface area contributed by atoms with Crippen LogP contribution in [0.1, 0.15) is 44.9 Å². The number of carboxylic acid groups (broad SMARTS) is 1. The van der Waals surface area contributed by atoms with Gasteiger partial charge in [0.2, 0.25) is 0 Å². The minimum Gasteiger partial charge on any atom is -0.481 e. The molecule has 1 aliphatic carbocycles. The van der Waals surface area contributed by atoms with Gasteiger partial charge in [-0.3, -0.25) is 4.79 Å². The van der Waals surface area contributed by atoms with Crippen LogP contribution in [0.5, 0.6) is 0 Å². The molecule has 0 aromatic rings. The lowest BCUT2D eigenvalue weighted by Gasteiger charge is -2.34. The van der Waals surface area contributed by atoms with Crippen molar-refractivity contribution in [2.24, 2.45) is 11.8 Å². The van der Waals surface area contributed by atoms with Crippen molar-refractivity contribution in [3.8, 4) is 0 Å². The second-order valence-electron chi connectivity index (χ2n) is 5.46. The number of hydrogen-bond acceptors (Lipinski definition) is 2. The Morgan fingerprint density at radius 2 is 1.75 bits per heavy atom. The highest BCUT2D eigenvalue weighted by atomic mass is 16.4. The van der Waals surface area contributed by atoms with E-state index >= 15 is 0 Å². The Morgan fingerprint density at radius 1 is 1.12 bits per heavy atom. The molecule has 1 saturated heterocycles.